The standard InChI is InChI=1S/C34H30F4N4O3/c1-20-5-8-23(9-6-20)29-13-14-30(44-29)32(43)39-21(2)17-22-7-11-25(27(35)18-22)31-40-33(45-41-31)24-10-12-28(42-15-3-4-16-42)26(19-24)34(36,37)38/h5-14,18-19,21H,3-4,15-17H2,1-2H3,(H,39,43). The molecule has 0 bridgehead atoms. The second kappa shape index (κ2) is 12.2. The Morgan fingerprint density at radius 3 is 2.42 bits per heavy atom. The summed E-state index contributed by atoms with van der Waals surface area (Å²) in [4.78, 5) is 18.7. The van der Waals surface area contributed by atoms with Gasteiger partial charge in [0.15, 0.2) is 5.76 Å². The second-order valence-corrected chi connectivity index (χ2v) is 11.3. The number of amides is 1. The lowest BCUT2D eigenvalue weighted by Gasteiger charge is -2.23. The Hall–Kier alpha value is -4.93. The Morgan fingerprint density at radius 1 is 0.978 bits per heavy atom. The minimum atomic E-state index is -4.57. The fourth-order valence-corrected chi connectivity index (χ4v) is 5.48. The van der Waals surface area contributed by atoms with Gasteiger partial charge in [0.25, 0.3) is 11.8 Å². The molecule has 1 N–H and O–H groups in total. The molecule has 0 aliphatic carbocycles. The maximum Gasteiger partial charge on any atom is 0.418 e. The number of rotatable bonds is 8. The van der Waals surface area contributed by atoms with Crippen LogP contribution in [-0.2, 0) is 12.6 Å². The summed E-state index contributed by atoms with van der Waals surface area (Å²) in [6, 6.07) is 19.1. The largest absolute Gasteiger partial charge is 0.451 e. The zero-order chi connectivity index (χ0) is 31.7. The number of halogens is 4. The molecule has 3 heterocycles. The molecule has 1 fully saturated rings. The number of nitrogens with one attached hydrogen (secondary N) is 1. The fourth-order valence-electron chi connectivity index (χ4n) is 5.48. The molecule has 6 rings (SSSR count). The van der Waals surface area contributed by atoms with Crippen LogP contribution < -0.4 is 10.2 Å². The van der Waals surface area contributed by atoms with Crippen molar-refractivity contribution in [2.45, 2.75) is 45.3 Å². The summed E-state index contributed by atoms with van der Waals surface area (Å²) < 4.78 is 67.9. The van der Waals surface area contributed by atoms with Crippen molar-refractivity contribution in [2.24, 2.45) is 0 Å². The first-order chi connectivity index (χ1) is 21.5. The van der Waals surface area contributed by atoms with Gasteiger partial charge in [0.1, 0.15) is 11.6 Å². The highest BCUT2D eigenvalue weighted by Crippen LogP contribution is 2.40. The van der Waals surface area contributed by atoms with Crippen molar-refractivity contribution in [1.29, 1.82) is 0 Å². The van der Waals surface area contributed by atoms with Crippen LogP contribution in [0.4, 0.5) is 23.2 Å². The number of benzene rings is 3. The van der Waals surface area contributed by atoms with Gasteiger partial charge in [-0.3, -0.25) is 4.79 Å². The third-order valence-corrected chi connectivity index (χ3v) is 7.78. The number of furan rings is 1. The van der Waals surface area contributed by atoms with E-state index < -0.39 is 17.6 Å². The molecule has 2 aromatic heterocycles. The Labute approximate surface area is 256 Å². The Balaban J connectivity index is 1.12. The van der Waals surface area contributed by atoms with Gasteiger partial charge in [0.2, 0.25) is 5.82 Å². The van der Waals surface area contributed by atoms with Gasteiger partial charge >= 0.3 is 6.18 Å². The molecule has 0 saturated carbocycles. The lowest BCUT2D eigenvalue weighted by Crippen LogP contribution is -2.33. The summed E-state index contributed by atoms with van der Waals surface area (Å²) in [5.41, 5.74) is 2.05. The van der Waals surface area contributed by atoms with Crippen LogP contribution in [0.5, 0.6) is 0 Å². The summed E-state index contributed by atoms with van der Waals surface area (Å²) in [6.45, 7) is 4.91. The molecule has 232 valence electrons. The summed E-state index contributed by atoms with van der Waals surface area (Å²) in [5.74, 6) is -0.511. The van der Waals surface area contributed by atoms with E-state index in [2.05, 4.69) is 15.5 Å². The number of anilines is 1. The van der Waals surface area contributed by atoms with Gasteiger partial charge in [-0.1, -0.05) is 41.1 Å². The molecule has 1 unspecified atom stereocenters. The van der Waals surface area contributed by atoms with E-state index in [4.69, 9.17) is 8.94 Å². The van der Waals surface area contributed by atoms with Crippen LogP contribution in [0.2, 0.25) is 0 Å². The number of carbonyl (C=O) groups excluding carboxylic acids is 1. The fraction of sp³-hybridized carbons (Fsp3) is 0.265. The summed E-state index contributed by atoms with van der Waals surface area (Å²) in [5, 5.41) is 6.69. The number of alkyl halides is 3. The SMILES string of the molecule is Cc1ccc(-c2ccc(C(=O)NC(C)Cc3ccc(-c4noc(-c5ccc(N6CCCC6)c(C(F)(F)F)c5)n4)c(F)c3)o2)cc1. The van der Waals surface area contributed by atoms with E-state index in [0.29, 0.717) is 30.8 Å². The van der Waals surface area contributed by atoms with Gasteiger partial charge in [-0.25, -0.2) is 4.39 Å². The molecule has 1 aliphatic rings. The lowest BCUT2D eigenvalue weighted by molar-refractivity contribution is -0.137. The van der Waals surface area contributed by atoms with Crippen molar-refractivity contribution < 1.29 is 31.3 Å². The molecule has 1 aliphatic heterocycles. The number of nitrogens with zero attached hydrogens (tertiary/aromatic N) is 3. The quantitative estimate of drug-likeness (QED) is 0.177. The zero-order valence-corrected chi connectivity index (χ0v) is 24.6. The number of aromatic nitrogens is 2. The van der Waals surface area contributed by atoms with Crippen molar-refractivity contribution in [2.75, 3.05) is 18.0 Å². The molecule has 11 heteroatoms. The highest BCUT2D eigenvalue weighted by atomic mass is 19.4. The van der Waals surface area contributed by atoms with Crippen LogP contribution in [0.3, 0.4) is 0 Å². The van der Waals surface area contributed by atoms with Crippen LogP contribution in [0, 0.1) is 12.7 Å². The molecule has 1 saturated heterocycles. The van der Waals surface area contributed by atoms with E-state index in [0.717, 1.165) is 30.0 Å². The van der Waals surface area contributed by atoms with Gasteiger partial charge in [0, 0.05) is 35.9 Å². The maximum absolute atomic E-state index is 15.2. The van der Waals surface area contributed by atoms with Crippen LogP contribution in [0.25, 0.3) is 34.2 Å². The maximum atomic E-state index is 15.2. The summed E-state index contributed by atoms with van der Waals surface area (Å²) in [6.07, 6.45) is -2.57. The van der Waals surface area contributed by atoms with Crippen LogP contribution >= 0.6 is 0 Å². The first-order valence-corrected chi connectivity index (χ1v) is 14.6. The monoisotopic (exact) mass is 618 g/mol. The minimum absolute atomic E-state index is 0.0365. The molecule has 0 spiro atoms. The predicted molar refractivity (Wildman–Crippen MR) is 161 cm³/mol. The van der Waals surface area contributed by atoms with Gasteiger partial charge < -0.3 is 19.2 Å². The Kier molecular flexibility index (Phi) is 8.18. The van der Waals surface area contributed by atoms with Crippen molar-refractivity contribution in [1.82, 2.24) is 15.5 Å². The van der Waals surface area contributed by atoms with Crippen LogP contribution in [0.15, 0.2) is 81.7 Å². The summed E-state index contributed by atoms with van der Waals surface area (Å²) in [7, 11) is 0. The Morgan fingerprint density at radius 2 is 1.71 bits per heavy atom. The lowest BCUT2D eigenvalue weighted by atomic mass is 10.0. The van der Waals surface area contributed by atoms with Crippen LogP contribution in [-0.4, -0.2) is 35.2 Å². The number of carbonyl (C=O) groups is 1. The molecule has 0 radical (unpaired) electrons. The van der Waals surface area contributed by atoms with E-state index in [1.165, 1.54) is 24.3 Å². The topological polar surface area (TPSA) is 84.4 Å². The van der Waals surface area contributed by atoms with Gasteiger partial charge in [-0.05, 0) is 81.1 Å². The Bertz CT molecular complexity index is 1820. The van der Waals surface area contributed by atoms with Crippen molar-refractivity contribution in [3.05, 3.63) is 101 Å². The van der Waals surface area contributed by atoms with E-state index >= 15 is 4.39 Å². The number of hydrogen-bond acceptors (Lipinski definition) is 6. The molecule has 3 aromatic carbocycles. The van der Waals surface area contributed by atoms with Gasteiger partial charge in [0.05, 0.1) is 11.1 Å². The molecular formula is C34H30F4N4O3. The average molecular weight is 619 g/mol. The minimum Gasteiger partial charge on any atom is -0.451 e. The predicted octanol–water partition coefficient (Wildman–Crippen LogP) is 8.09. The van der Waals surface area contributed by atoms with Crippen molar-refractivity contribution >= 4 is 11.6 Å². The highest BCUT2D eigenvalue weighted by Gasteiger charge is 2.36. The molecular weight excluding hydrogens is 588 g/mol. The van der Waals surface area contributed by atoms with E-state index in [1.54, 1.807) is 30.0 Å². The zero-order valence-electron chi connectivity index (χ0n) is 24.6. The third kappa shape index (κ3) is 6.62. The van der Waals surface area contributed by atoms with Crippen LogP contribution in [0.1, 0.15) is 47.0 Å². The number of aryl methyl sites for hydroxylation is 1. The highest BCUT2D eigenvalue weighted by molar-refractivity contribution is 5.92. The van der Waals surface area contributed by atoms with E-state index in [-0.39, 0.29) is 46.2 Å². The van der Waals surface area contributed by atoms with Crippen molar-refractivity contribution in [3.63, 3.8) is 0 Å². The molecule has 45 heavy (non-hydrogen) atoms. The van der Waals surface area contributed by atoms with E-state index in [9.17, 15) is 18.0 Å². The number of hydrogen-bond donors (Lipinski definition) is 1. The summed E-state index contributed by atoms with van der Waals surface area (Å²) >= 11 is 0. The normalized spacial score (nSPS) is 14.1. The smallest absolute Gasteiger partial charge is 0.418 e. The molecule has 5 aromatic rings. The first kappa shape index (κ1) is 30.1. The van der Waals surface area contributed by atoms with Gasteiger partial charge in [-0.2, -0.15) is 18.2 Å². The molecule has 1 atom stereocenters. The molecule has 1 amide bonds. The van der Waals surface area contributed by atoms with E-state index in [1.807, 2.05) is 31.2 Å². The second-order valence-electron chi connectivity index (χ2n) is 11.3. The third-order valence-electron chi connectivity index (χ3n) is 7.78. The van der Waals surface area contributed by atoms with Crippen molar-refractivity contribution in [3.8, 4) is 34.2 Å². The van der Waals surface area contributed by atoms with Gasteiger partial charge in [-0.15, -0.1) is 0 Å². The first-order valence-electron chi connectivity index (χ1n) is 14.6. The molecule has 7 nitrogen and oxygen atoms in total. The average Bonchev–Trinajstić information content (AvgIpc) is 3.80.